The first-order valence-corrected chi connectivity index (χ1v) is 7.57. The summed E-state index contributed by atoms with van der Waals surface area (Å²) >= 11 is 3.36. The Morgan fingerprint density at radius 1 is 1.45 bits per heavy atom. The Balaban J connectivity index is 2.35. The van der Waals surface area contributed by atoms with E-state index in [-0.39, 0.29) is 18.6 Å². The van der Waals surface area contributed by atoms with Gasteiger partial charge in [-0.05, 0) is 30.5 Å². The molecule has 0 bridgehead atoms. The number of halogens is 1. The smallest absolute Gasteiger partial charge is 0.260 e. The number of carbonyl (C=O) groups is 1. The molecule has 0 aliphatic heterocycles. The fourth-order valence-electron chi connectivity index (χ4n) is 1.61. The average molecular weight is 343 g/mol. The Morgan fingerprint density at radius 3 is 2.75 bits per heavy atom. The van der Waals surface area contributed by atoms with Gasteiger partial charge in [-0.15, -0.1) is 0 Å². The first kappa shape index (κ1) is 17.0. The van der Waals surface area contributed by atoms with Gasteiger partial charge in [0, 0.05) is 24.1 Å². The minimum Gasteiger partial charge on any atom is -0.484 e. The fraction of sp³-hybridized carbons (Fsp3) is 0.533. The Morgan fingerprint density at radius 2 is 2.15 bits per heavy atom. The number of nitrogens with two attached hydrogens (primary N) is 1. The number of amides is 1. The van der Waals surface area contributed by atoms with Crippen molar-refractivity contribution in [3.8, 4) is 5.75 Å². The Bertz CT molecular complexity index is 438. The van der Waals surface area contributed by atoms with Crippen LogP contribution in [0.15, 0.2) is 28.7 Å². The van der Waals surface area contributed by atoms with Crippen LogP contribution in [0.25, 0.3) is 0 Å². The molecule has 0 aromatic heterocycles. The van der Waals surface area contributed by atoms with Crippen molar-refractivity contribution in [3.63, 3.8) is 0 Å². The molecule has 4 nitrogen and oxygen atoms in total. The minimum absolute atomic E-state index is 0.0408. The molecule has 1 unspecified atom stereocenters. The van der Waals surface area contributed by atoms with Crippen LogP contribution in [-0.4, -0.2) is 37.0 Å². The molecule has 20 heavy (non-hydrogen) atoms. The maximum absolute atomic E-state index is 11.9. The van der Waals surface area contributed by atoms with E-state index in [0.29, 0.717) is 18.2 Å². The third-order valence-corrected chi connectivity index (χ3v) is 3.73. The molecule has 0 saturated carbocycles. The lowest BCUT2D eigenvalue weighted by molar-refractivity contribution is -0.132. The van der Waals surface area contributed by atoms with Crippen LogP contribution in [0.2, 0.25) is 0 Å². The van der Waals surface area contributed by atoms with Gasteiger partial charge in [0.1, 0.15) is 5.75 Å². The van der Waals surface area contributed by atoms with Gasteiger partial charge in [-0.1, -0.05) is 35.8 Å². The summed E-state index contributed by atoms with van der Waals surface area (Å²) in [7, 11) is 1.78. The molecule has 1 aromatic carbocycles. The molecule has 0 heterocycles. The van der Waals surface area contributed by atoms with E-state index in [2.05, 4.69) is 29.8 Å². The van der Waals surface area contributed by atoms with E-state index in [0.717, 1.165) is 10.9 Å². The summed E-state index contributed by atoms with van der Waals surface area (Å²) in [6, 6.07) is 7.56. The van der Waals surface area contributed by atoms with Gasteiger partial charge in [0.2, 0.25) is 0 Å². The number of hydrogen-bond donors (Lipinski definition) is 1. The fourth-order valence-corrected chi connectivity index (χ4v) is 1.99. The molecule has 1 aromatic rings. The van der Waals surface area contributed by atoms with Crippen LogP contribution in [0.4, 0.5) is 0 Å². The number of benzene rings is 1. The van der Waals surface area contributed by atoms with Crippen LogP contribution >= 0.6 is 15.9 Å². The zero-order valence-corrected chi connectivity index (χ0v) is 13.9. The van der Waals surface area contributed by atoms with E-state index in [1.165, 1.54) is 0 Å². The van der Waals surface area contributed by atoms with Crippen molar-refractivity contribution in [1.82, 2.24) is 4.90 Å². The molecule has 1 amide bonds. The van der Waals surface area contributed by atoms with Gasteiger partial charge < -0.3 is 15.4 Å². The predicted molar refractivity (Wildman–Crippen MR) is 84.7 cm³/mol. The maximum Gasteiger partial charge on any atom is 0.260 e. The van der Waals surface area contributed by atoms with E-state index in [1.807, 2.05) is 24.3 Å². The molecule has 112 valence electrons. The van der Waals surface area contributed by atoms with Gasteiger partial charge in [-0.3, -0.25) is 4.79 Å². The van der Waals surface area contributed by atoms with Gasteiger partial charge in [0.25, 0.3) is 5.91 Å². The van der Waals surface area contributed by atoms with Crippen molar-refractivity contribution in [2.75, 3.05) is 20.2 Å². The lowest BCUT2D eigenvalue weighted by atomic mass is 10.0. The first-order valence-electron chi connectivity index (χ1n) is 6.78. The van der Waals surface area contributed by atoms with Crippen LogP contribution < -0.4 is 10.5 Å². The van der Waals surface area contributed by atoms with Gasteiger partial charge in [-0.2, -0.15) is 0 Å². The second kappa shape index (κ2) is 8.27. The summed E-state index contributed by atoms with van der Waals surface area (Å²) in [5, 5.41) is 0. The standard InChI is InChI=1S/C15H23BrN2O2/c1-11(2)14(17)7-8-18(3)15(19)10-20-13-6-4-5-12(16)9-13/h4-6,9,11,14H,7-8,10,17H2,1-3H3. The highest BCUT2D eigenvalue weighted by Crippen LogP contribution is 2.17. The van der Waals surface area contributed by atoms with Crippen LogP contribution in [0, 0.1) is 5.92 Å². The van der Waals surface area contributed by atoms with E-state index in [9.17, 15) is 4.79 Å². The van der Waals surface area contributed by atoms with Gasteiger partial charge in [0.15, 0.2) is 6.61 Å². The molecule has 0 aliphatic rings. The van der Waals surface area contributed by atoms with Crippen LogP contribution in [-0.2, 0) is 4.79 Å². The lowest BCUT2D eigenvalue weighted by Crippen LogP contribution is -2.36. The zero-order valence-electron chi connectivity index (χ0n) is 12.3. The molecule has 0 fully saturated rings. The summed E-state index contributed by atoms with van der Waals surface area (Å²) in [6.45, 7) is 4.87. The number of ether oxygens (including phenoxy) is 1. The normalized spacial score (nSPS) is 12.3. The number of likely N-dealkylation sites (N-methyl/N-ethyl adjacent to an activating group) is 1. The number of carbonyl (C=O) groups excluding carboxylic acids is 1. The molecule has 0 aliphatic carbocycles. The second-order valence-corrected chi connectivity index (χ2v) is 6.17. The van der Waals surface area contributed by atoms with Crippen LogP contribution in [0.1, 0.15) is 20.3 Å². The SMILES string of the molecule is CC(C)C(N)CCN(C)C(=O)COc1cccc(Br)c1. The number of hydrogen-bond acceptors (Lipinski definition) is 3. The third kappa shape index (κ3) is 5.92. The van der Waals surface area contributed by atoms with E-state index >= 15 is 0 Å². The van der Waals surface area contributed by atoms with Crippen molar-refractivity contribution >= 4 is 21.8 Å². The van der Waals surface area contributed by atoms with Crippen molar-refractivity contribution in [2.24, 2.45) is 11.7 Å². The summed E-state index contributed by atoms with van der Waals surface area (Å²) in [5.74, 6) is 1.07. The molecule has 0 spiro atoms. The zero-order chi connectivity index (χ0) is 15.1. The number of nitrogens with zero attached hydrogens (tertiary/aromatic N) is 1. The van der Waals surface area contributed by atoms with Crippen molar-refractivity contribution in [3.05, 3.63) is 28.7 Å². The third-order valence-electron chi connectivity index (χ3n) is 3.24. The van der Waals surface area contributed by atoms with Crippen LogP contribution in [0.5, 0.6) is 5.75 Å². The van der Waals surface area contributed by atoms with E-state index in [1.54, 1.807) is 11.9 Å². The summed E-state index contributed by atoms with van der Waals surface area (Å²) in [6.07, 6.45) is 0.802. The maximum atomic E-state index is 11.9. The summed E-state index contributed by atoms with van der Waals surface area (Å²) in [4.78, 5) is 13.6. The molecule has 5 heteroatoms. The van der Waals surface area contributed by atoms with Crippen molar-refractivity contribution in [1.29, 1.82) is 0 Å². The summed E-state index contributed by atoms with van der Waals surface area (Å²) < 4.78 is 6.40. The molecule has 0 radical (unpaired) electrons. The highest BCUT2D eigenvalue weighted by molar-refractivity contribution is 9.10. The van der Waals surface area contributed by atoms with Gasteiger partial charge >= 0.3 is 0 Å². The average Bonchev–Trinajstić information content (AvgIpc) is 2.41. The van der Waals surface area contributed by atoms with E-state index in [4.69, 9.17) is 10.5 Å². The van der Waals surface area contributed by atoms with Crippen LogP contribution in [0.3, 0.4) is 0 Å². The summed E-state index contributed by atoms with van der Waals surface area (Å²) in [5.41, 5.74) is 5.97. The van der Waals surface area contributed by atoms with Gasteiger partial charge in [0.05, 0.1) is 0 Å². The predicted octanol–water partition coefficient (Wildman–Crippen LogP) is 2.66. The van der Waals surface area contributed by atoms with Crippen molar-refractivity contribution < 1.29 is 9.53 Å². The Kier molecular flexibility index (Phi) is 7.02. The Labute approximate surface area is 129 Å². The lowest BCUT2D eigenvalue weighted by Gasteiger charge is -2.21. The highest BCUT2D eigenvalue weighted by Gasteiger charge is 2.13. The molecule has 0 saturated heterocycles. The van der Waals surface area contributed by atoms with E-state index < -0.39 is 0 Å². The number of rotatable bonds is 7. The molecule has 2 N–H and O–H groups in total. The van der Waals surface area contributed by atoms with Gasteiger partial charge in [-0.25, -0.2) is 0 Å². The molecular formula is C15H23BrN2O2. The molecule has 1 atom stereocenters. The second-order valence-electron chi connectivity index (χ2n) is 5.26. The Hall–Kier alpha value is -1.07. The molecular weight excluding hydrogens is 320 g/mol. The quantitative estimate of drug-likeness (QED) is 0.828. The monoisotopic (exact) mass is 342 g/mol. The minimum atomic E-state index is -0.0408. The van der Waals surface area contributed by atoms with Crippen molar-refractivity contribution in [2.45, 2.75) is 26.3 Å². The molecule has 1 rings (SSSR count). The largest absolute Gasteiger partial charge is 0.484 e. The highest BCUT2D eigenvalue weighted by atomic mass is 79.9. The first-order chi connectivity index (χ1) is 9.40. The topological polar surface area (TPSA) is 55.6 Å².